The molecular formula is C25H26N2O6S. The van der Waals surface area contributed by atoms with Crippen molar-refractivity contribution in [3.8, 4) is 17.2 Å². The maximum absolute atomic E-state index is 13.5. The van der Waals surface area contributed by atoms with E-state index in [2.05, 4.69) is 5.32 Å². The minimum atomic E-state index is -3.72. The van der Waals surface area contributed by atoms with E-state index in [1.54, 1.807) is 36.4 Å². The minimum absolute atomic E-state index is 0.123. The fourth-order valence-corrected chi connectivity index (χ4v) is 6.13. The lowest BCUT2D eigenvalue weighted by atomic mass is 9.97. The summed E-state index contributed by atoms with van der Waals surface area (Å²) >= 11 is 0. The van der Waals surface area contributed by atoms with Gasteiger partial charge in [-0.1, -0.05) is 24.3 Å². The Balaban J connectivity index is 1.29. The van der Waals surface area contributed by atoms with E-state index in [-0.39, 0.29) is 36.6 Å². The molecule has 0 bridgehead atoms. The van der Waals surface area contributed by atoms with Gasteiger partial charge < -0.3 is 19.5 Å². The maximum atomic E-state index is 13.5. The molecular weight excluding hydrogens is 456 g/mol. The van der Waals surface area contributed by atoms with Gasteiger partial charge in [0, 0.05) is 41.5 Å². The highest BCUT2D eigenvalue weighted by atomic mass is 32.2. The molecule has 0 spiro atoms. The number of benzene rings is 3. The third-order valence-electron chi connectivity index (χ3n) is 6.23. The third-order valence-corrected chi connectivity index (χ3v) is 8.18. The molecule has 0 aromatic heterocycles. The van der Waals surface area contributed by atoms with E-state index in [1.807, 2.05) is 25.1 Å². The standard InChI is InChI=1S/C25H26N2O6S/c1-2-31-21-9-10-24(20-6-4-3-5-19(20)21)34(29,30)27-13-11-17(12-14-27)25(28)26-18-7-8-22-23(15-18)33-16-32-22/h3-10,15,17H,2,11-14,16H2,1H3,(H,26,28). The van der Waals surface area contributed by atoms with Crippen LogP contribution < -0.4 is 19.5 Å². The van der Waals surface area contributed by atoms with E-state index in [1.165, 1.54) is 4.31 Å². The normalized spacial score (nSPS) is 16.5. The molecule has 1 amide bonds. The largest absolute Gasteiger partial charge is 0.493 e. The number of carbonyl (C=O) groups is 1. The highest BCUT2D eigenvalue weighted by Crippen LogP contribution is 2.36. The number of hydrogen-bond donors (Lipinski definition) is 1. The molecule has 5 rings (SSSR count). The highest BCUT2D eigenvalue weighted by Gasteiger charge is 2.33. The van der Waals surface area contributed by atoms with Crippen LogP contribution in [0.3, 0.4) is 0 Å². The monoisotopic (exact) mass is 482 g/mol. The lowest BCUT2D eigenvalue weighted by Gasteiger charge is -2.31. The van der Waals surface area contributed by atoms with Crippen LogP contribution >= 0.6 is 0 Å². The number of nitrogens with one attached hydrogen (secondary N) is 1. The first-order chi connectivity index (χ1) is 16.5. The summed E-state index contributed by atoms with van der Waals surface area (Å²) in [5.41, 5.74) is 0.630. The Labute approximate surface area is 198 Å². The van der Waals surface area contributed by atoms with Crippen molar-refractivity contribution in [3.05, 3.63) is 54.6 Å². The molecule has 3 aromatic rings. The topological polar surface area (TPSA) is 94.2 Å². The first-order valence-electron chi connectivity index (χ1n) is 11.3. The number of sulfonamides is 1. The zero-order valence-electron chi connectivity index (χ0n) is 18.8. The average Bonchev–Trinajstić information content (AvgIpc) is 3.32. The van der Waals surface area contributed by atoms with Crippen molar-refractivity contribution >= 4 is 32.4 Å². The van der Waals surface area contributed by atoms with Gasteiger partial charge in [-0.2, -0.15) is 4.31 Å². The van der Waals surface area contributed by atoms with Crippen molar-refractivity contribution in [2.24, 2.45) is 5.92 Å². The van der Waals surface area contributed by atoms with Crippen molar-refractivity contribution in [3.63, 3.8) is 0 Å². The van der Waals surface area contributed by atoms with Crippen LogP contribution in [0.25, 0.3) is 10.8 Å². The van der Waals surface area contributed by atoms with E-state index >= 15 is 0 Å². The zero-order chi connectivity index (χ0) is 23.7. The Hall–Kier alpha value is -3.30. The first-order valence-corrected chi connectivity index (χ1v) is 12.8. The molecule has 2 aliphatic heterocycles. The van der Waals surface area contributed by atoms with Gasteiger partial charge in [-0.3, -0.25) is 4.79 Å². The molecule has 178 valence electrons. The van der Waals surface area contributed by atoms with E-state index in [4.69, 9.17) is 14.2 Å². The summed E-state index contributed by atoms with van der Waals surface area (Å²) in [5, 5.41) is 4.31. The molecule has 2 heterocycles. The number of piperidine rings is 1. The zero-order valence-corrected chi connectivity index (χ0v) is 19.6. The number of rotatable bonds is 6. The molecule has 0 atom stereocenters. The van der Waals surface area contributed by atoms with Gasteiger partial charge in [0.1, 0.15) is 5.75 Å². The second-order valence-electron chi connectivity index (χ2n) is 8.28. The van der Waals surface area contributed by atoms with Crippen molar-refractivity contribution in [1.29, 1.82) is 0 Å². The Kier molecular flexibility index (Phi) is 6.05. The number of ether oxygens (including phenoxy) is 3. The molecule has 1 N–H and O–H groups in total. The Morgan fingerprint density at radius 3 is 2.53 bits per heavy atom. The smallest absolute Gasteiger partial charge is 0.243 e. The number of anilines is 1. The Bertz CT molecular complexity index is 1330. The summed E-state index contributed by atoms with van der Waals surface area (Å²) in [5.74, 6) is 1.52. The van der Waals surface area contributed by atoms with Crippen LogP contribution in [0.4, 0.5) is 5.69 Å². The van der Waals surface area contributed by atoms with Gasteiger partial charge in [0.25, 0.3) is 0 Å². The Morgan fingerprint density at radius 1 is 1.03 bits per heavy atom. The molecule has 0 unspecified atom stereocenters. The Morgan fingerprint density at radius 2 is 1.76 bits per heavy atom. The molecule has 9 heteroatoms. The SMILES string of the molecule is CCOc1ccc(S(=O)(=O)N2CCC(C(=O)Nc3ccc4c(c3)OCO4)CC2)c2ccccc12. The van der Waals surface area contributed by atoms with Crippen LogP contribution in [0.2, 0.25) is 0 Å². The average molecular weight is 483 g/mol. The predicted molar refractivity (Wildman–Crippen MR) is 128 cm³/mol. The summed E-state index contributed by atoms with van der Waals surface area (Å²) in [6.45, 7) is 3.12. The van der Waals surface area contributed by atoms with Gasteiger partial charge in [-0.05, 0) is 44.0 Å². The lowest BCUT2D eigenvalue weighted by molar-refractivity contribution is -0.120. The summed E-state index contributed by atoms with van der Waals surface area (Å²) < 4.78 is 44.8. The molecule has 0 saturated carbocycles. The number of fused-ring (bicyclic) bond motifs is 2. The number of carbonyl (C=O) groups excluding carboxylic acids is 1. The van der Waals surface area contributed by atoms with Crippen LogP contribution in [0, 0.1) is 5.92 Å². The third kappa shape index (κ3) is 4.17. The predicted octanol–water partition coefficient (Wildman–Crippen LogP) is 4.01. The van der Waals surface area contributed by atoms with Gasteiger partial charge in [-0.15, -0.1) is 0 Å². The van der Waals surface area contributed by atoms with E-state index in [9.17, 15) is 13.2 Å². The van der Waals surface area contributed by atoms with Crippen LogP contribution in [0.1, 0.15) is 19.8 Å². The fraction of sp³-hybridized carbons (Fsp3) is 0.320. The molecule has 1 saturated heterocycles. The van der Waals surface area contributed by atoms with Crippen molar-refractivity contribution in [1.82, 2.24) is 4.31 Å². The summed E-state index contributed by atoms with van der Waals surface area (Å²) in [6, 6.07) is 15.9. The van der Waals surface area contributed by atoms with Crippen LogP contribution in [-0.4, -0.2) is 45.1 Å². The quantitative estimate of drug-likeness (QED) is 0.571. The van der Waals surface area contributed by atoms with Crippen LogP contribution in [0.15, 0.2) is 59.5 Å². The van der Waals surface area contributed by atoms with E-state index in [0.717, 1.165) is 5.39 Å². The second-order valence-corrected chi connectivity index (χ2v) is 10.2. The van der Waals surface area contributed by atoms with Crippen LogP contribution in [-0.2, 0) is 14.8 Å². The van der Waals surface area contributed by atoms with Gasteiger partial charge in [0.15, 0.2) is 11.5 Å². The molecule has 0 radical (unpaired) electrons. The van der Waals surface area contributed by atoms with Crippen LogP contribution in [0.5, 0.6) is 17.2 Å². The molecule has 8 nitrogen and oxygen atoms in total. The van der Waals surface area contributed by atoms with Crippen molar-refractivity contribution in [2.75, 3.05) is 31.8 Å². The maximum Gasteiger partial charge on any atom is 0.243 e. The number of amides is 1. The molecule has 3 aromatic carbocycles. The number of hydrogen-bond acceptors (Lipinski definition) is 6. The fourth-order valence-electron chi connectivity index (χ4n) is 4.47. The van der Waals surface area contributed by atoms with Crippen molar-refractivity contribution < 1.29 is 27.4 Å². The second kappa shape index (κ2) is 9.15. The van der Waals surface area contributed by atoms with E-state index < -0.39 is 10.0 Å². The van der Waals surface area contributed by atoms with Gasteiger partial charge in [0.2, 0.25) is 22.7 Å². The van der Waals surface area contributed by atoms with Gasteiger partial charge in [-0.25, -0.2) is 8.42 Å². The molecule has 2 aliphatic rings. The van der Waals surface area contributed by atoms with Gasteiger partial charge in [0.05, 0.1) is 11.5 Å². The molecule has 0 aliphatic carbocycles. The summed E-state index contributed by atoms with van der Waals surface area (Å²) in [7, 11) is -3.72. The highest BCUT2D eigenvalue weighted by molar-refractivity contribution is 7.89. The number of nitrogens with zero attached hydrogens (tertiary/aromatic N) is 1. The van der Waals surface area contributed by atoms with Crippen molar-refractivity contribution in [2.45, 2.75) is 24.7 Å². The lowest BCUT2D eigenvalue weighted by Crippen LogP contribution is -2.41. The minimum Gasteiger partial charge on any atom is -0.493 e. The first kappa shape index (κ1) is 22.5. The van der Waals surface area contributed by atoms with Gasteiger partial charge >= 0.3 is 0 Å². The molecule has 34 heavy (non-hydrogen) atoms. The molecule has 1 fully saturated rings. The summed E-state index contributed by atoms with van der Waals surface area (Å²) in [4.78, 5) is 13.1. The van der Waals surface area contributed by atoms with E-state index in [0.29, 0.717) is 47.8 Å². The summed E-state index contributed by atoms with van der Waals surface area (Å²) in [6.07, 6.45) is 0.898.